The number of alkyl halides is 3. The zero-order chi connectivity index (χ0) is 12.6. The lowest BCUT2D eigenvalue weighted by Crippen LogP contribution is -2.05. The molecule has 0 atom stereocenters. The molecule has 2 N–H and O–H groups in total. The van der Waals surface area contributed by atoms with Gasteiger partial charge in [0, 0.05) is 27.2 Å². The molecule has 1 nitrogen and oxygen atoms in total. The first-order valence-corrected chi connectivity index (χ1v) is 5.90. The molecule has 0 aliphatic rings. The first kappa shape index (κ1) is 12.3. The van der Waals surface area contributed by atoms with E-state index in [1.54, 1.807) is 6.07 Å². The van der Waals surface area contributed by atoms with Gasteiger partial charge in [0.2, 0.25) is 0 Å². The van der Waals surface area contributed by atoms with Crippen molar-refractivity contribution in [2.45, 2.75) is 6.18 Å². The summed E-state index contributed by atoms with van der Waals surface area (Å²) < 4.78 is 38.2. The maximum Gasteiger partial charge on any atom is 0.417 e. The van der Waals surface area contributed by atoms with Gasteiger partial charge in [-0.25, -0.2) is 0 Å². The number of hydrogen-bond acceptors (Lipinski definition) is 2. The van der Waals surface area contributed by atoms with Crippen LogP contribution in [0.5, 0.6) is 0 Å². The van der Waals surface area contributed by atoms with Gasteiger partial charge in [-0.1, -0.05) is 11.6 Å². The van der Waals surface area contributed by atoms with Crippen molar-refractivity contribution >= 4 is 28.6 Å². The van der Waals surface area contributed by atoms with E-state index in [-0.39, 0.29) is 11.3 Å². The van der Waals surface area contributed by atoms with Crippen LogP contribution in [0.3, 0.4) is 0 Å². The maximum absolute atomic E-state index is 12.7. The van der Waals surface area contributed by atoms with Crippen LogP contribution in [0.2, 0.25) is 5.02 Å². The Morgan fingerprint density at radius 3 is 2.47 bits per heavy atom. The van der Waals surface area contributed by atoms with Crippen molar-refractivity contribution in [2.24, 2.45) is 0 Å². The molecular formula is C11H7ClF3NS. The van der Waals surface area contributed by atoms with Crippen LogP contribution in [0, 0.1) is 0 Å². The van der Waals surface area contributed by atoms with Gasteiger partial charge in [-0.15, -0.1) is 0 Å². The monoisotopic (exact) mass is 277 g/mol. The predicted octanol–water partition coefficient (Wildman–Crippen LogP) is 4.67. The quantitative estimate of drug-likeness (QED) is 0.753. The largest absolute Gasteiger partial charge is 0.417 e. The third-order valence-electron chi connectivity index (χ3n) is 2.27. The van der Waals surface area contributed by atoms with Gasteiger partial charge in [-0.3, -0.25) is 0 Å². The number of thiophene rings is 1. The summed E-state index contributed by atoms with van der Waals surface area (Å²) in [6, 6.07) is 4.48. The molecule has 2 aromatic rings. The van der Waals surface area contributed by atoms with Gasteiger partial charge in [0.1, 0.15) is 0 Å². The lowest BCUT2D eigenvalue weighted by molar-refractivity contribution is -0.136. The van der Waals surface area contributed by atoms with E-state index in [0.717, 1.165) is 16.7 Å². The molecule has 1 aromatic carbocycles. The number of hydrogen-bond donors (Lipinski definition) is 1. The predicted molar refractivity (Wildman–Crippen MR) is 64.2 cm³/mol. The Hall–Kier alpha value is -1.20. The summed E-state index contributed by atoms with van der Waals surface area (Å²) >= 11 is 6.75. The summed E-state index contributed by atoms with van der Waals surface area (Å²) in [4.78, 5) is 0. The topological polar surface area (TPSA) is 26.0 Å². The van der Waals surface area contributed by atoms with Crippen molar-refractivity contribution in [2.75, 3.05) is 5.73 Å². The zero-order valence-electron chi connectivity index (χ0n) is 8.38. The first-order chi connectivity index (χ1) is 7.89. The number of anilines is 1. The normalized spacial score (nSPS) is 11.8. The number of rotatable bonds is 1. The van der Waals surface area contributed by atoms with Crippen LogP contribution in [-0.4, -0.2) is 0 Å². The fourth-order valence-electron chi connectivity index (χ4n) is 1.49. The Morgan fingerprint density at radius 2 is 1.82 bits per heavy atom. The molecule has 0 unspecified atom stereocenters. The minimum atomic E-state index is -4.38. The highest BCUT2D eigenvalue weighted by molar-refractivity contribution is 7.08. The van der Waals surface area contributed by atoms with Crippen LogP contribution < -0.4 is 5.73 Å². The Labute approximate surface area is 105 Å². The van der Waals surface area contributed by atoms with E-state index < -0.39 is 11.7 Å². The third-order valence-corrected chi connectivity index (χ3v) is 3.25. The minimum Gasteiger partial charge on any atom is -0.398 e. The van der Waals surface area contributed by atoms with Crippen molar-refractivity contribution in [1.82, 2.24) is 0 Å². The van der Waals surface area contributed by atoms with Gasteiger partial charge in [0.15, 0.2) is 0 Å². The molecule has 1 heterocycles. The fraction of sp³-hybridized carbons (Fsp3) is 0.0909. The molecule has 90 valence electrons. The molecule has 0 aliphatic carbocycles. The molecule has 0 saturated carbocycles. The number of nitrogens with two attached hydrogens (primary N) is 1. The molecule has 0 radical (unpaired) electrons. The summed E-state index contributed by atoms with van der Waals surface area (Å²) in [5.74, 6) is 0. The summed E-state index contributed by atoms with van der Waals surface area (Å²) in [5.41, 5.74) is 5.65. The molecule has 17 heavy (non-hydrogen) atoms. The molecule has 0 amide bonds. The van der Waals surface area contributed by atoms with E-state index in [2.05, 4.69) is 0 Å². The van der Waals surface area contributed by atoms with Crippen LogP contribution in [-0.2, 0) is 6.18 Å². The van der Waals surface area contributed by atoms with Crippen LogP contribution in [0.25, 0.3) is 11.1 Å². The van der Waals surface area contributed by atoms with Crippen LogP contribution in [0.4, 0.5) is 18.9 Å². The van der Waals surface area contributed by atoms with Gasteiger partial charge in [0.05, 0.1) is 5.56 Å². The smallest absolute Gasteiger partial charge is 0.398 e. The fourth-order valence-corrected chi connectivity index (χ4v) is 2.51. The second kappa shape index (κ2) is 4.23. The van der Waals surface area contributed by atoms with Crippen molar-refractivity contribution in [1.29, 1.82) is 0 Å². The summed E-state index contributed by atoms with van der Waals surface area (Å²) in [6.45, 7) is 0. The molecule has 0 saturated heterocycles. The minimum absolute atomic E-state index is 0.0718. The highest BCUT2D eigenvalue weighted by Gasteiger charge is 2.34. The Balaban J connectivity index is 2.61. The number of halogens is 4. The maximum atomic E-state index is 12.7. The van der Waals surface area contributed by atoms with E-state index >= 15 is 0 Å². The molecule has 0 bridgehead atoms. The SMILES string of the molecule is Nc1ccc(Cl)cc1-c1cscc1C(F)(F)F. The lowest BCUT2D eigenvalue weighted by atomic mass is 10.0. The Morgan fingerprint density at radius 1 is 1.12 bits per heavy atom. The summed E-state index contributed by atoms with van der Waals surface area (Å²) in [7, 11) is 0. The molecule has 0 spiro atoms. The highest BCUT2D eigenvalue weighted by Crippen LogP contribution is 2.41. The van der Waals surface area contributed by atoms with Gasteiger partial charge in [-0.05, 0) is 23.6 Å². The second-order valence-electron chi connectivity index (χ2n) is 3.43. The Kier molecular flexibility index (Phi) is 3.05. The molecular weight excluding hydrogens is 271 g/mol. The lowest BCUT2D eigenvalue weighted by Gasteiger charge is -2.10. The molecule has 1 aromatic heterocycles. The third kappa shape index (κ3) is 2.40. The van der Waals surface area contributed by atoms with Crippen molar-refractivity contribution in [3.63, 3.8) is 0 Å². The second-order valence-corrected chi connectivity index (χ2v) is 4.61. The first-order valence-electron chi connectivity index (χ1n) is 4.58. The Bertz CT molecular complexity index is 548. The van der Waals surface area contributed by atoms with E-state index in [1.165, 1.54) is 17.5 Å². The molecule has 0 aliphatic heterocycles. The highest BCUT2D eigenvalue weighted by atomic mass is 35.5. The zero-order valence-corrected chi connectivity index (χ0v) is 9.96. The number of benzene rings is 1. The van der Waals surface area contributed by atoms with Gasteiger partial charge in [-0.2, -0.15) is 24.5 Å². The van der Waals surface area contributed by atoms with Crippen molar-refractivity contribution in [3.05, 3.63) is 39.5 Å². The summed E-state index contributed by atoms with van der Waals surface area (Å²) in [5, 5.41) is 2.84. The van der Waals surface area contributed by atoms with Crippen LogP contribution in [0.15, 0.2) is 29.0 Å². The van der Waals surface area contributed by atoms with Gasteiger partial charge < -0.3 is 5.73 Å². The van der Waals surface area contributed by atoms with E-state index in [0.29, 0.717) is 10.6 Å². The molecule has 0 fully saturated rings. The average Bonchev–Trinajstić information content (AvgIpc) is 2.69. The van der Waals surface area contributed by atoms with Gasteiger partial charge in [0.25, 0.3) is 0 Å². The van der Waals surface area contributed by atoms with E-state index in [1.807, 2.05) is 0 Å². The molecule has 2 rings (SSSR count). The van der Waals surface area contributed by atoms with Gasteiger partial charge >= 0.3 is 6.18 Å². The van der Waals surface area contributed by atoms with Crippen molar-refractivity contribution in [3.8, 4) is 11.1 Å². The number of nitrogen functional groups attached to an aromatic ring is 1. The van der Waals surface area contributed by atoms with Crippen molar-refractivity contribution < 1.29 is 13.2 Å². The molecule has 6 heteroatoms. The van der Waals surface area contributed by atoms with E-state index in [9.17, 15) is 13.2 Å². The van der Waals surface area contributed by atoms with Crippen LogP contribution >= 0.6 is 22.9 Å². The average molecular weight is 278 g/mol. The standard InChI is InChI=1S/C11H7ClF3NS/c12-6-1-2-10(16)7(3-6)8-4-17-5-9(8)11(13,14)15/h1-5H,16H2. The summed E-state index contributed by atoms with van der Waals surface area (Å²) in [6.07, 6.45) is -4.38. The van der Waals surface area contributed by atoms with E-state index in [4.69, 9.17) is 17.3 Å². The van der Waals surface area contributed by atoms with Crippen LogP contribution in [0.1, 0.15) is 5.56 Å².